The van der Waals surface area contributed by atoms with Gasteiger partial charge in [-0.1, -0.05) is 32.6 Å². The van der Waals surface area contributed by atoms with Crippen molar-refractivity contribution in [3.63, 3.8) is 0 Å². The lowest BCUT2D eigenvalue weighted by Gasteiger charge is -2.32. The van der Waals surface area contributed by atoms with Crippen LogP contribution in [0, 0.1) is 5.82 Å². The number of hydrogen-bond donors (Lipinski definition) is 0. The number of alkyl halides is 3. The van der Waals surface area contributed by atoms with E-state index in [1.54, 1.807) is 18.2 Å². The molecule has 2 aromatic rings. The van der Waals surface area contributed by atoms with Crippen molar-refractivity contribution in [1.82, 2.24) is 0 Å². The number of anilines is 2. The van der Waals surface area contributed by atoms with E-state index < -0.39 is 17.6 Å². The van der Waals surface area contributed by atoms with Crippen LogP contribution in [-0.2, 0) is 6.18 Å². The SMILES string of the molecule is C=C1C2=C(CCC2)C(c2cccc(F)c2)=NN1c1cc(N2CCCC2)ccc1C(F)(F)F.CC. The molecule has 1 saturated heterocycles. The van der Waals surface area contributed by atoms with Crippen LogP contribution in [-0.4, -0.2) is 18.8 Å². The second-order valence-electron chi connectivity index (χ2n) is 8.42. The van der Waals surface area contributed by atoms with Crippen LogP contribution in [0.4, 0.5) is 28.9 Å². The van der Waals surface area contributed by atoms with Crippen molar-refractivity contribution in [3.8, 4) is 0 Å². The van der Waals surface area contributed by atoms with Gasteiger partial charge in [0, 0.05) is 24.3 Å². The first kappa shape index (κ1) is 24.0. The Kier molecular flexibility index (Phi) is 6.82. The summed E-state index contributed by atoms with van der Waals surface area (Å²) in [5, 5.41) is 5.95. The van der Waals surface area contributed by atoms with Crippen LogP contribution >= 0.6 is 0 Å². The molecule has 3 nitrogen and oxygen atoms in total. The molecule has 7 heteroatoms. The Morgan fingerprint density at radius 2 is 1.62 bits per heavy atom. The van der Waals surface area contributed by atoms with Crippen molar-refractivity contribution in [2.24, 2.45) is 5.10 Å². The minimum atomic E-state index is -4.54. The van der Waals surface area contributed by atoms with Gasteiger partial charge in [0.15, 0.2) is 0 Å². The molecule has 0 atom stereocenters. The zero-order chi connectivity index (χ0) is 24.5. The fraction of sp³-hybridized carbons (Fsp3) is 0.370. The van der Waals surface area contributed by atoms with Crippen molar-refractivity contribution in [1.29, 1.82) is 0 Å². The summed E-state index contributed by atoms with van der Waals surface area (Å²) in [6.45, 7) is 9.75. The molecule has 2 heterocycles. The maximum atomic E-state index is 14.0. The van der Waals surface area contributed by atoms with Gasteiger partial charge in [0.05, 0.1) is 22.7 Å². The lowest BCUT2D eigenvalue weighted by Crippen LogP contribution is -2.28. The van der Waals surface area contributed by atoms with Gasteiger partial charge in [-0.05, 0) is 73.6 Å². The van der Waals surface area contributed by atoms with Crippen LogP contribution in [0.5, 0.6) is 0 Å². The maximum Gasteiger partial charge on any atom is 0.418 e. The molecule has 0 saturated carbocycles. The van der Waals surface area contributed by atoms with Gasteiger partial charge in [0.25, 0.3) is 0 Å². The molecule has 180 valence electrons. The summed E-state index contributed by atoms with van der Waals surface area (Å²) in [6, 6.07) is 10.3. The highest BCUT2D eigenvalue weighted by atomic mass is 19.4. The van der Waals surface area contributed by atoms with Crippen LogP contribution in [0.2, 0.25) is 0 Å². The average molecular weight is 472 g/mol. The first-order valence-corrected chi connectivity index (χ1v) is 11.9. The molecule has 0 radical (unpaired) electrons. The first-order valence-electron chi connectivity index (χ1n) is 11.9. The predicted molar refractivity (Wildman–Crippen MR) is 130 cm³/mol. The molecule has 0 N–H and O–H groups in total. The van der Waals surface area contributed by atoms with E-state index in [1.807, 2.05) is 13.8 Å². The highest BCUT2D eigenvalue weighted by Crippen LogP contribution is 2.45. The second kappa shape index (κ2) is 9.65. The van der Waals surface area contributed by atoms with Crippen molar-refractivity contribution in [3.05, 3.63) is 82.8 Å². The molecule has 2 aromatic carbocycles. The fourth-order valence-corrected chi connectivity index (χ4v) is 4.85. The molecule has 0 aromatic heterocycles. The third kappa shape index (κ3) is 4.48. The molecule has 1 aliphatic carbocycles. The minimum absolute atomic E-state index is 0.0424. The summed E-state index contributed by atoms with van der Waals surface area (Å²) in [5.41, 5.74) is 3.32. The van der Waals surface area contributed by atoms with Crippen LogP contribution in [0.15, 0.2) is 71.0 Å². The lowest BCUT2D eigenvalue weighted by molar-refractivity contribution is -0.137. The topological polar surface area (TPSA) is 18.8 Å². The van der Waals surface area contributed by atoms with Crippen molar-refractivity contribution < 1.29 is 17.6 Å². The highest BCUT2D eigenvalue weighted by Gasteiger charge is 2.38. The van der Waals surface area contributed by atoms with Gasteiger partial charge in [-0.2, -0.15) is 18.3 Å². The molecule has 1 fully saturated rings. The molecule has 5 rings (SSSR count). The fourth-order valence-electron chi connectivity index (χ4n) is 4.85. The van der Waals surface area contributed by atoms with Crippen molar-refractivity contribution >= 4 is 17.1 Å². The largest absolute Gasteiger partial charge is 0.418 e. The van der Waals surface area contributed by atoms with Crippen LogP contribution in [0.3, 0.4) is 0 Å². The van der Waals surface area contributed by atoms with Crippen molar-refractivity contribution in [2.75, 3.05) is 23.0 Å². The van der Waals surface area contributed by atoms with Crippen molar-refractivity contribution in [2.45, 2.75) is 52.1 Å². The number of halogens is 4. The Balaban J connectivity index is 0.00000133. The summed E-state index contributed by atoms with van der Waals surface area (Å²) in [5.74, 6) is -0.409. The van der Waals surface area contributed by atoms with Gasteiger partial charge in [-0.25, -0.2) is 9.40 Å². The Labute approximate surface area is 198 Å². The quantitative estimate of drug-likeness (QED) is 0.427. The monoisotopic (exact) mass is 471 g/mol. The van der Waals surface area contributed by atoms with E-state index in [-0.39, 0.29) is 5.69 Å². The van der Waals surface area contributed by atoms with Crippen LogP contribution < -0.4 is 9.91 Å². The standard InChI is InChI=1S/C25H23F4N3.C2H6/c1-16-20-8-5-9-21(20)24(17-6-4-7-18(26)14-17)30-32(16)23-15-19(31-12-2-3-13-31)10-11-22(23)25(27,28)29;1-2/h4,6-7,10-11,14-15H,1-3,5,8-9,12-13H2;1-2H3. The van der Waals surface area contributed by atoms with Gasteiger partial charge < -0.3 is 4.90 Å². The smallest absolute Gasteiger partial charge is 0.371 e. The van der Waals surface area contributed by atoms with E-state index in [4.69, 9.17) is 0 Å². The molecule has 0 amide bonds. The maximum absolute atomic E-state index is 14.0. The third-order valence-corrected chi connectivity index (χ3v) is 6.39. The number of rotatable bonds is 3. The number of benzene rings is 2. The van der Waals surface area contributed by atoms with Gasteiger partial charge in [0.2, 0.25) is 0 Å². The van der Waals surface area contributed by atoms with E-state index in [0.717, 1.165) is 61.7 Å². The molecule has 0 bridgehead atoms. The van der Waals surface area contributed by atoms with E-state index >= 15 is 0 Å². The molecule has 2 aliphatic heterocycles. The van der Waals surface area contributed by atoms with Crippen LogP contribution in [0.1, 0.15) is 57.1 Å². The third-order valence-electron chi connectivity index (χ3n) is 6.39. The second-order valence-corrected chi connectivity index (χ2v) is 8.42. The minimum Gasteiger partial charge on any atom is -0.371 e. The Morgan fingerprint density at radius 1 is 0.912 bits per heavy atom. The van der Waals surface area contributed by atoms with Crippen LogP contribution in [0.25, 0.3) is 0 Å². The zero-order valence-electron chi connectivity index (χ0n) is 19.6. The van der Waals surface area contributed by atoms with Gasteiger partial charge in [-0.3, -0.25) is 0 Å². The Bertz CT molecular complexity index is 1140. The number of allylic oxidation sites excluding steroid dienone is 2. The molecular weight excluding hydrogens is 442 g/mol. The molecule has 3 aliphatic rings. The zero-order valence-corrected chi connectivity index (χ0v) is 19.6. The highest BCUT2D eigenvalue weighted by molar-refractivity contribution is 6.15. The van der Waals surface area contributed by atoms with E-state index in [9.17, 15) is 17.6 Å². The summed E-state index contributed by atoms with van der Waals surface area (Å²) in [6.07, 6.45) is -0.177. The predicted octanol–water partition coefficient (Wildman–Crippen LogP) is 7.69. The summed E-state index contributed by atoms with van der Waals surface area (Å²) in [7, 11) is 0. The molecule has 0 spiro atoms. The first-order chi connectivity index (χ1) is 16.3. The van der Waals surface area contributed by atoms with E-state index in [1.165, 1.54) is 23.2 Å². The Morgan fingerprint density at radius 3 is 2.29 bits per heavy atom. The molecule has 0 unspecified atom stereocenters. The summed E-state index contributed by atoms with van der Waals surface area (Å²) < 4.78 is 56.0. The van der Waals surface area contributed by atoms with E-state index in [2.05, 4.69) is 16.6 Å². The Hall–Kier alpha value is -3.09. The van der Waals surface area contributed by atoms with E-state index in [0.29, 0.717) is 23.4 Å². The lowest BCUT2D eigenvalue weighted by atomic mass is 9.96. The average Bonchev–Trinajstić information content (AvgIpc) is 3.53. The summed E-state index contributed by atoms with van der Waals surface area (Å²) >= 11 is 0. The molecular formula is C27H29F4N3. The number of nitrogens with zero attached hydrogens (tertiary/aromatic N) is 3. The van der Waals surface area contributed by atoms with Gasteiger partial charge >= 0.3 is 6.18 Å². The van der Waals surface area contributed by atoms with Gasteiger partial charge in [-0.15, -0.1) is 0 Å². The molecule has 34 heavy (non-hydrogen) atoms. The summed E-state index contributed by atoms with van der Waals surface area (Å²) in [4.78, 5) is 2.09. The number of hydrogen-bond acceptors (Lipinski definition) is 3. The normalized spacial score (nSPS) is 18.1. The van der Waals surface area contributed by atoms with Gasteiger partial charge in [0.1, 0.15) is 5.82 Å². The number of hydrazone groups is 1.